The average molecular weight is 304 g/mol. The Morgan fingerprint density at radius 3 is 2.67 bits per heavy atom. The van der Waals surface area contributed by atoms with Crippen LogP contribution in [0.1, 0.15) is 49.4 Å². The molecule has 1 aromatic heterocycles. The van der Waals surface area contributed by atoms with Crippen LogP contribution < -0.4 is 0 Å². The van der Waals surface area contributed by atoms with Gasteiger partial charge in [0.2, 0.25) is 0 Å². The molecule has 1 fully saturated rings. The highest BCUT2D eigenvalue weighted by Crippen LogP contribution is 2.36. The Morgan fingerprint density at radius 1 is 1.24 bits per heavy atom. The maximum atomic E-state index is 6.40. The second-order valence-electron chi connectivity index (χ2n) is 6.78. The molecule has 0 bridgehead atoms. The van der Waals surface area contributed by atoms with Crippen molar-refractivity contribution in [2.24, 2.45) is 0 Å². The third-order valence-electron chi connectivity index (χ3n) is 4.47. The summed E-state index contributed by atoms with van der Waals surface area (Å²) < 4.78 is 5.99. The Hall–Kier alpha value is -1.12. The van der Waals surface area contributed by atoms with Crippen LogP contribution in [0, 0.1) is 13.8 Å². The maximum Gasteiger partial charge on any atom is 0.0723 e. The highest BCUT2D eigenvalue weighted by Gasteiger charge is 2.29. The van der Waals surface area contributed by atoms with Crippen LogP contribution in [0.2, 0.25) is 5.02 Å². The molecule has 1 aromatic carbocycles. The summed E-state index contributed by atoms with van der Waals surface area (Å²) in [7, 11) is 0. The van der Waals surface area contributed by atoms with Crippen molar-refractivity contribution in [1.82, 2.24) is 4.98 Å². The molecule has 112 valence electrons. The van der Waals surface area contributed by atoms with Crippen molar-refractivity contribution in [3.05, 3.63) is 40.0 Å². The number of ether oxygens (including phenoxy) is 1. The highest BCUT2D eigenvalue weighted by molar-refractivity contribution is 6.35. The molecule has 1 atom stereocenters. The zero-order chi connectivity index (χ0) is 15.2. The van der Waals surface area contributed by atoms with E-state index in [4.69, 9.17) is 21.3 Å². The first kappa shape index (κ1) is 14.8. The molecular formula is C18H22ClNO. The predicted molar refractivity (Wildman–Crippen MR) is 88.2 cm³/mol. The summed E-state index contributed by atoms with van der Waals surface area (Å²) in [5, 5.41) is 1.84. The molecule has 0 N–H and O–H groups in total. The summed E-state index contributed by atoms with van der Waals surface area (Å²) in [6.45, 7) is 9.23. The molecule has 2 nitrogen and oxygen atoms in total. The van der Waals surface area contributed by atoms with Gasteiger partial charge in [-0.15, -0.1) is 0 Å². The van der Waals surface area contributed by atoms with E-state index in [0.717, 1.165) is 46.6 Å². The summed E-state index contributed by atoms with van der Waals surface area (Å²) in [4.78, 5) is 4.77. The number of rotatable bonds is 1. The van der Waals surface area contributed by atoms with Crippen LogP contribution in [-0.4, -0.2) is 17.2 Å². The summed E-state index contributed by atoms with van der Waals surface area (Å²) in [6, 6.07) is 6.31. The Balaban J connectivity index is 2.02. The number of nitrogens with zero attached hydrogens (tertiary/aromatic N) is 1. The van der Waals surface area contributed by atoms with Crippen LogP contribution >= 0.6 is 11.6 Å². The van der Waals surface area contributed by atoms with Crippen molar-refractivity contribution in [2.75, 3.05) is 6.61 Å². The molecule has 2 heterocycles. The van der Waals surface area contributed by atoms with Crippen molar-refractivity contribution in [3.8, 4) is 0 Å². The summed E-state index contributed by atoms with van der Waals surface area (Å²) in [6.07, 6.45) is 2.22. The topological polar surface area (TPSA) is 22.1 Å². The molecule has 3 heteroatoms. The molecule has 1 aliphatic heterocycles. The van der Waals surface area contributed by atoms with Gasteiger partial charge in [-0.2, -0.15) is 0 Å². The highest BCUT2D eigenvalue weighted by atomic mass is 35.5. The lowest BCUT2D eigenvalue weighted by atomic mass is 9.86. The zero-order valence-electron chi connectivity index (χ0n) is 13.2. The van der Waals surface area contributed by atoms with Gasteiger partial charge in [0.25, 0.3) is 0 Å². The van der Waals surface area contributed by atoms with Crippen LogP contribution in [0.5, 0.6) is 0 Å². The number of benzene rings is 1. The number of aryl methyl sites for hydroxylation is 2. The normalized spacial score (nSPS) is 21.7. The first-order valence-electron chi connectivity index (χ1n) is 7.57. The van der Waals surface area contributed by atoms with E-state index in [1.54, 1.807) is 0 Å². The lowest BCUT2D eigenvalue weighted by Crippen LogP contribution is -2.33. The number of pyridine rings is 1. The number of hydrogen-bond acceptors (Lipinski definition) is 2. The van der Waals surface area contributed by atoms with Gasteiger partial charge in [-0.25, -0.2) is 0 Å². The SMILES string of the molecule is Cc1cc(Cl)c2cc(C3CCC(C)(C)OC3)c(C)nc2c1. The molecule has 0 aliphatic carbocycles. The number of hydrogen-bond donors (Lipinski definition) is 0. The standard InChI is InChI=1S/C18H22ClNO/c1-11-7-16(19)15-9-14(12(2)20-17(15)8-11)13-5-6-18(3,4)21-10-13/h7-9,13H,5-6,10H2,1-4H3. The third kappa shape index (κ3) is 2.93. The molecule has 0 amide bonds. The van der Waals surface area contributed by atoms with Crippen LogP contribution in [0.4, 0.5) is 0 Å². The van der Waals surface area contributed by atoms with Gasteiger partial charge in [-0.1, -0.05) is 11.6 Å². The first-order chi connectivity index (χ1) is 9.85. The van der Waals surface area contributed by atoms with Crippen molar-refractivity contribution in [2.45, 2.75) is 52.1 Å². The van der Waals surface area contributed by atoms with Crippen LogP contribution in [0.15, 0.2) is 18.2 Å². The van der Waals surface area contributed by atoms with Crippen molar-refractivity contribution in [1.29, 1.82) is 0 Å². The van der Waals surface area contributed by atoms with Crippen molar-refractivity contribution in [3.63, 3.8) is 0 Å². The lowest BCUT2D eigenvalue weighted by molar-refractivity contribution is -0.0611. The third-order valence-corrected chi connectivity index (χ3v) is 4.78. The average Bonchev–Trinajstić information content (AvgIpc) is 2.38. The van der Waals surface area contributed by atoms with Crippen LogP contribution in [0.25, 0.3) is 10.9 Å². The van der Waals surface area contributed by atoms with Gasteiger partial charge in [0, 0.05) is 17.0 Å². The van der Waals surface area contributed by atoms with Gasteiger partial charge in [0.1, 0.15) is 0 Å². The summed E-state index contributed by atoms with van der Waals surface area (Å²) in [5.41, 5.74) is 4.51. The van der Waals surface area contributed by atoms with Crippen LogP contribution in [0.3, 0.4) is 0 Å². The molecule has 0 saturated carbocycles. The van der Waals surface area contributed by atoms with E-state index in [-0.39, 0.29) is 5.60 Å². The lowest BCUT2D eigenvalue weighted by Gasteiger charge is -2.35. The minimum absolute atomic E-state index is 0.00341. The molecule has 1 unspecified atom stereocenters. The maximum absolute atomic E-state index is 6.40. The number of halogens is 1. The first-order valence-corrected chi connectivity index (χ1v) is 7.95. The van der Waals surface area contributed by atoms with E-state index in [9.17, 15) is 0 Å². The quantitative estimate of drug-likeness (QED) is 0.724. The molecule has 21 heavy (non-hydrogen) atoms. The second-order valence-corrected chi connectivity index (χ2v) is 7.19. The fraction of sp³-hybridized carbons (Fsp3) is 0.500. The molecule has 0 radical (unpaired) electrons. The van der Waals surface area contributed by atoms with Gasteiger partial charge < -0.3 is 4.74 Å². The Labute approximate surface area is 131 Å². The van der Waals surface area contributed by atoms with E-state index in [0.29, 0.717) is 5.92 Å². The van der Waals surface area contributed by atoms with Gasteiger partial charge in [0.15, 0.2) is 0 Å². The monoisotopic (exact) mass is 303 g/mol. The van der Waals surface area contributed by atoms with E-state index in [1.807, 2.05) is 13.0 Å². The molecule has 1 aliphatic rings. The summed E-state index contributed by atoms with van der Waals surface area (Å²) >= 11 is 6.40. The molecule has 3 rings (SSSR count). The molecular weight excluding hydrogens is 282 g/mol. The molecule has 2 aromatic rings. The Morgan fingerprint density at radius 2 is 2.00 bits per heavy atom. The smallest absolute Gasteiger partial charge is 0.0723 e. The number of fused-ring (bicyclic) bond motifs is 1. The van der Waals surface area contributed by atoms with E-state index in [1.165, 1.54) is 5.56 Å². The predicted octanol–water partition coefficient (Wildman–Crippen LogP) is 5.18. The molecule has 0 spiro atoms. The van der Waals surface area contributed by atoms with Crippen molar-refractivity contribution < 1.29 is 4.74 Å². The van der Waals surface area contributed by atoms with E-state index >= 15 is 0 Å². The Bertz CT molecular complexity index is 683. The second kappa shape index (κ2) is 5.26. The minimum Gasteiger partial charge on any atom is -0.375 e. The zero-order valence-corrected chi connectivity index (χ0v) is 13.9. The largest absolute Gasteiger partial charge is 0.375 e. The van der Waals surface area contributed by atoms with E-state index < -0.39 is 0 Å². The molecule has 1 saturated heterocycles. The van der Waals surface area contributed by atoms with Gasteiger partial charge in [-0.05, 0) is 69.9 Å². The van der Waals surface area contributed by atoms with Gasteiger partial charge in [-0.3, -0.25) is 4.98 Å². The Kier molecular flexibility index (Phi) is 3.71. The van der Waals surface area contributed by atoms with Crippen molar-refractivity contribution >= 4 is 22.5 Å². The fourth-order valence-electron chi connectivity index (χ4n) is 3.14. The van der Waals surface area contributed by atoms with Gasteiger partial charge in [0.05, 0.1) is 22.7 Å². The van der Waals surface area contributed by atoms with Gasteiger partial charge >= 0.3 is 0 Å². The number of aromatic nitrogens is 1. The minimum atomic E-state index is 0.00341. The summed E-state index contributed by atoms with van der Waals surface area (Å²) in [5.74, 6) is 0.423. The van der Waals surface area contributed by atoms with E-state index in [2.05, 4.69) is 32.9 Å². The van der Waals surface area contributed by atoms with Crippen LogP contribution in [-0.2, 0) is 4.74 Å². The fourth-order valence-corrected chi connectivity index (χ4v) is 3.46.